The third-order valence-electron chi connectivity index (χ3n) is 4.13. The van der Waals surface area contributed by atoms with Crippen molar-refractivity contribution in [3.05, 3.63) is 53.9 Å². The molecular weight excluding hydrogens is 384 g/mol. The van der Waals surface area contributed by atoms with Gasteiger partial charge < -0.3 is 9.84 Å². The van der Waals surface area contributed by atoms with E-state index in [0.717, 1.165) is 21.6 Å². The number of phenolic OH excluding ortho intramolecular Hbond substituents is 1. The van der Waals surface area contributed by atoms with Crippen molar-refractivity contribution in [1.82, 2.24) is 15.0 Å². The van der Waals surface area contributed by atoms with Crippen molar-refractivity contribution in [1.29, 1.82) is 0 Å². The number of thiazole rings is 1. The lowest BCUT2D eigenvalue weighted by Crippen LogP contribution is -2.04. The third-order valence-corrected chi connectivity index (χ3v) is 5.20. The molecule has 0 bridgehead atoms. The van der Waals surface area contributed by atoms with Crippen LogP contribution in [0.25, 0.3) is 32.0 Å². The van der Waals surface area contributed by atoms with Gasteiger partial charge in [-0.3, -0.25) is 0 Å². The van der Waals surface area contributed by atoms with Gasteiger partial charge in [0.05, 0.1) is 22.1 Å². The van der Waals surface area contributed by atoms with Gasteiger partial charge >= 0.3 is 6.61 Å². The molecule has 0 radical (unpaired) electrons. The molecule has 4 rings (SSSR count). The molecule has 0 atom stereocenters. The first kappa shape index (κ1) is 18.2. The van der Waals surface area contributed by atoms with Crippen LogP contribution in [0.2, 0.25) is 0 Å². The van der Waals surface area contributed by atoms with Crippen LogP contribution in [-0.4, -0.2) is 26.7 Å². The van der Waals surface area contributed by atoms with Crippen LogP contribution in [0.1, 0.15) is 11.1 Å². The Morgan fingerprint density at radius 1 is 1.00 bits per heavy atom. The number of rotatable bonds is 4. The average molecular weight is 399 g/mol. The summed E-state index contributed by atoms with van der Waals surface area (Å²) in [5.41, 5.74) is 4.36. The molecule has 0 spiro atoms. The van der Waals surface area contributed by atoms with E-state index in [2.05, 4.69) is 19.7 Å². The SMILES string of the molecule is Cc1ccc(O)c(-c2cnc(-c3cc(C)cc4nc(OC(F)F)cnc34)s2)c1. The zero-order valence-corrected chi connectivity index (χ0v) is 15.8. The van der Waals surface area contributed by atoms with Crippen LogP contribution >= 0.6 is 11.3 Å². The average Bonchev–Trinajstić information content (AvgIpc) is 3.12. The number of hydrogen-bond acceptors (Lipinski definition) is 6. The maximum absolute atomic E-state index is 12.5. The fourth-order valence-electron chi connectivity index (χ4n) is 2.93. The van der Waals surface area contributed by atoms with Crippen LogP contribution in [-0.2, 0) is 0 Å². The molecule has 0 unspecified atom stereocenters. The zero-order chi connectivity index (χ0) is 19.8. The highest BCUT2D eigenvalue weighted by molar-refractivity contribution is 7.18. The number of nitrogens with zero attached hydrogens (tertiary/aromatic N) is 3. The summed E-state index contributed by atoms with van der Waals surface area (Å²) >= 11 is 1.41. The molecule has 28 heavy (non-hydrogen) atoms. The smallest absolute Gasteiger partial charge is 0.388 e. The third kappa shape index (κ3) is 3.50. The van der Waals surface area contributed by atoms with Crippen LogP contribution in [0.4, 0.5) is 8.78 Å². The Kier molecular flexibility index (Phi) is 4.64. The predicted molar refractivity (Wildman–Crippen MR) is 104 cm³/mol. The molecule has 2 aromatic carbocycles. The summed E-state index contributed by atoms with van der Waals surface area (Å²) in [6.45, 7) is 0.874. The summed E-state index contributed by atoms with van der Waals surface area (Å²) in [4.78, 5) is 13.7. The fourth-order valence-corrected chi connectivity index (χ4v) is 3.89. The maximum Gasteiger partial charge on any atom is 0.388 e. The first-order valence-electron chi connectivity index (χ1n) is 8.39. The molecule has 0 fully saturated rings. The second kappa shape index (κ2) is 7.12. The molecule has 8 heteroatoms. The van der Waals surface area contributed by atoms with Gasteiger partial charge in [-0.1, -0.05) is 11.6 Å². The highest BCUT2D eigenvalue weighted by atomic mass is 32.1. The summed E-state index contributed by atoms with van der Waals surface area (Å²) < 4.78 is 29.2. The molecule has 0 saturated heterocycles. The monoisotopic (exact) mass is 399 g/mol. The number of alkyl halides is 2. The van der Waals surface area contributed by atoms with E-state index < -0.39 is 6.61 Å². The number of fused-ring (bicyclic) bond motifs is 1. The first-order chi connectivity index (χ1) is 13.4. The molecule has 0 aliphatic carbocycles. The molecule has 2 aromatic heterocycles. The summed E-state index contributed by atoms with van der Waals surface area (Å²) in [5, 5.41) is 10.9. The number of benzene rings is 2. The Morgan fingerprint density at radius 3 is 2.57 bits per heavy atom. The van der Waals surface area contributed by atoms with Crippen LogP contribution in [0.3, 0.4) is 0 Å². The molecule has 5 nitrogen and oxygen atoms in total. The molecule has 0 amide bonds. The summed E-state index contributed by atoms with van der Waals surface area (Å²) in [7, 11) is 0. The standard InChI is InChI=1S/C20H15F2N3O2S/c1-10-3-4-15(26)12(5-10)16-8-24-19(28-16)13-6-11(2)7-14-18(13)23-9-17(25-14)27-20(21)22/h3-9,20,26H,1-2H3. The topological polar surface area (TPSA) is 68.1 Å². The van der Waals surface area contributed by atoms with E-state index in [-0.39, 0.29) is 11.6 Å². The van der Waals surface area contributed by atoms with E-state index in [0.29, 0.717) is 21.6 Å². The summed E-state index contributed by atoms with van der Waals surface area (Å²) in [6, 6.07) is 9.06. The van der Waals surface area contributed by atoms with E-state index in [9.17, 15) is 13.9 Å². The van der Waals surface area contributed by atoms with Crippen molar-refractivity contribution < 1.29 is 18.6 Å². The van der Waals surface area contributed by atoms with Crippen molar-refractivity contribution in [2.45, 2.75) is 20.5 Å². The normalized spacial score (nSPS) is 11.3. The number of hydrogen-bond donors (Lipinski definition) is 1. The number of phenols is 1. The van der Waals surface area contributed by atoms with Gasteiger partial charge in [0, 0.05) is 17.3 Å². The van der Waals surface area contributed by atoms with Gasteiger partial charge in [0.1, 0.15) is 10.8 Å². The maximum atomic E-state index is 12.5. The van der Waals surface area contributed by atoms with E-state index >= 15 is 0 Å². The van der Waals surface area contributed by atoms with Gasteiger partial charge in [-0.25, -0.2) is 15.0 Å². The minimum absolute atomic E-state index is 0.184. The highest BCUT2D eigenvalue weighted by Gasteiger charge is 2.15. The highest BCUT2D eigenvalue weighted by Crippen LogP contribution is 2.39. The number of aromatic hydroxyl groups is 1. The Bertz CT molecular complexity index is 1180. The molecule has 0 aliphatic heterocycles. The summed E-state index contributed by atoms with van der Waals surface area (Å²) in [5.74, 6) is -0.0490. The van der Waals surface area contributed by atoms with Crippen LogP contribution in [0.15, 0.2) is 42.7 Å². The van der Waals surface area contributed by atoms with Crippen molar-refractivity contribution in [2.24, 2.45) is 0 Å². The largest absolute Gasteiger partial charge is 0.507 e. The van der Waals surface area contributed by atoms with Gasteiger partial charge in [-0.2, -0.15) is 8.78 Å². The minimum Gasteiger partial charge on any atom is -0.507 e. The van der Waals surface area contributed by atoms with Gasteiger partial charge in [-0.15, -0.1) is 11.3 Å². The minimum atomic E-state index is -2.96. The van der Waals surface area contributed by atoms with Gasteiger partial charge in [0.2, 0.25) is 5.88 Å². The Hall–Kier alpha value is -3.13. The van der Waals surface area contributed by atoms with Crippen molar-refractivity contribution >= 4 is 22.4 Å². The van der Waals surface area contributed by atoms with E-state index in [4.69, 9.17) is 0 Å². The molecule has 1 N–H and O–H groups in total. The fraction of sp³-hybridized carbons (Fsp3) is 0.150. The molecule has 2 heterocycles. The van der Waals surface area contributed by atoms with Crippen LogP contribution in [0.5, 0.6) is 11.6 Å². The molecule has 4 aromatic rings. The van der Waals surface area contributed by atoms with Crippen molar-refractivity contribution in [3.8, 4) is 32.6 Å². The predicted octanol–water partition coefficient (Wildman–Crippen LogP) is 5.34. The number of halogens is 2. The van der Waals surface area contributed by atoms with E-state index in [1.165, 1.54) is 17.5 Å². The number of aryl methyl sites for hydroxylation is 2. The summed E-state index contributed by atoms with van der Waals surface area (Å²) in [6.07, 6.45) is 2.87. The zero-order valence-electron chi connectivity index (χ0n) is 15.0. The molecule has 0 saturated carbocycles. The first-order valence-corrected chi connectivity index (χ1v) is 9.21. The second-order valence-corrected chi connectivity index (χ2v) is 7.35. The Morgan fingerprint density at radius 2 is 1.79 bits per heavy atom. The molecule has 0 aliphatic rings. The molecule has 142 valence electrons. The quantitative estimate of drug-likeness (QED) is 0.501. The van der Waals surface area contributed by atoms with Gasteiger partial charge in [0.15, 0.2) is 0 Å². The number of ether oxygens (including phenoxy) is 1. The van der Waals surface area contributed by atoms with Crippen molar-refractivity contribution in [2.75, 3.05) is 0 Å². The number of aromatic nitrogens is 3. The lowest BCUT2D eigenvalue weighted by molar-refractivity contribution is -0.0528. The van der Waals surface area contributed by atoms with E-state index in [1.807, 2.05) is 32.0 Å². The van der Waals surface area contributed by atoms with E-state index in [1.54, 1.807) is 18.3 Å². The van der Waals surface area contributed by atoms with Crippen LogP contribution < -0.4 is 4.74 Å². The van der Waals surface area contributed by atoms with Gasteiger partial charge in [0.25, 0.3) is 0 Å². The Balaban J connectivity index is 1.81. The lowest BCUT2D eigenvalue weighted by atomic mass is 10.1. The second-order valence-electron chi connectivity index (χ2n) is 6.32. The molecular formula is C20H15F2N3O2S. The van der Waals surface area contributed by atoms with Crippen molar-refractivity contribution in [3.63, 3.8) is 0 Å². The van der Waals surface area contributed by atoms with Crippen LogP contribution in [0, 0.1) is 13.8 Å². The Labute approximate surface area is 163 Å². The lowest BCUT2D eigenvalue weighted by Gasteiger charge is -2.07. The van der Waals surface area contributed by atoms with Gasteiger partial charge in [-0.05, 0) is 43.7 Å².